The van der Waals surface area contributed by atoms with Gasteiger partial charge in [0.05, 0.1) is 4.88 Å². The van der Waals surface area contributed by atoms with Crippen LogP contribution in [0.1, 0.15) is 15.2 Å². The van der Waals surface area contributed by atoms with Gasteiger partial charge >= 0.3 is 0 Å². The van der Waals surface area contributed by atoms with Crippen LogP contribution < -0.4 is 10.1 Å². The fourth-order valence-electron chi connectivity index (χ4n) is 4.31. The average Bonchev–Trinajstić information content (AvgIpc) is 3.35. The van der Waals surface area contributed by atoms with E-state index in [9.17, 15) is 4.79 Å². The van der Waals surface area contributed by atoms with Gasteiger partial charge in [-0.1, -0.05) is 66.7 Å². The smallest absolute Gasteiger partial charge is 0.264 e. The van der Waals surface area contributed by atoms with Crippen molar-refractivity contribution < 1.29 is 9.53 Å². The number of nitrogens with zero attached hydrogens (tertiary/aromatic N) is 1. The summed E-state index contributed by atoms with van der Waals surface area (Å²) in [7, 11) is 0. The lowest BCUT2D eigenvalue weighted by atomic mass is 10.0. The second kappa shape index (κ2) is 10.0. The van der Waals surface area contributed by atoms with Crippen molar-refractivity contribution in [2.75, 3.05) is 19.6 Å². The highest BCUT2D eigenvalue weighted by Crippen LogP contribution is 2.38. The Hall–Kier alpha value is -3.41. The standard InChI is InChI=1S/C28H26N2O2S/c31-28(30-17-16-29-20-22(30)19-21-9-3-1-4-10-21)27-25(15-18-33-27)24-13-7-8-14-26(24)32-23-11-5-2-6-12-23/h1-15,18,22,29H,16-17,19-20H2. The summed E-state index contributed by atoms with van der Waals surface area (Å²) in [5.41, 5.74) is 3.10. The van der Waals surface area contributed by atoms with E-state index in [2.05, 4.69) is 29.6 Å². The maximum atomic E-state index is 13.8. The lowest BCUT2D eigenvalue weighted by Crippen LogP contribution is -2.54. The number of amides is 1. The molecule has 4 aromatic rings. The van der Waals surface area contributed by atoms with Crippen molar-refractivity contribution >= 4 is 17.2 Å². The van der Waals surface area contributed by atoms with E-state index in [1.54, 1.807) is 0 Å². The Kier molecular flexibility index (Phi) is 6.51. The lowest BCUT2D eigenvalue weighted by molar-refractivity contribution is 0.0642. The second-order valence-electron chi connectivity index (χ2n) is 8.12. The van der Waals surface area contributed by atoms with Crippen LogP contribution in [0.15, 0.2) is 96.4 Å². The van der Waals surface area contributed by atoms with Crippen molar-refractivity contribution in [3.63, 3.8) is 0 Å². The molecule has 0 spiro atoms. The molecule has 0 bridgehead atoms. The second-order valence-corrected chi connectivity index (χ2v) is 9.04. The number of para-hydroxylation sites is 2. The van der Waals surface area contributed by atoms with Crippen LogP contribution in [-0.2, 0) is 6.42 Å². The lowest BCUT2D eigenvalue weighted by Gasteiger charge is -2.36. The van der Waals surface area contributed by atoms with Gasteiger partial charge in [0, 0.05) is 36.8 Å². The normalized spacial score (nSPS) is 15.9. The van der Waals surface area contributed by atoms with E-state index in [1.807, 2.05) is 77.0 Å². The summed E-state index contributed by atoms with van der Waals surface area (Å²) in [6.07, 6.45) is 0.841. The number of hydrogen-bond acceptors (Lipinski definition) is 4. The summed E-state index contributed by atoms with van der Waals surface area (Å²) < 4.78 is 6.18. The van der Waals surface area contributed by atoms with E-state index in [0.29, 0.717) is 6.54 Å². The molecule has 1 aromatic heterocycles. The molecule has 33 heavy (non-hydrogen) atoms. The average molecular weight is 455 g/mol. The van der Waals surface area contributed by atoms with Crippen molar-refractivity contribution in [1.29, 1.82) is 0 Å². The molecule has 4 nitrogen and oxygen atoms in total. The molecule has 0 radical (unpaired) electrons. The molecule has 3 aromatic carbocycles. The zero-order chi connectivity index (χ0) is 22.5. The number of carbonyl (C=O) groups excluding carboxylic acids is 1. The fourth-order valence-corrected chi connectivity index (χ4v) is 5.17. The number of carbonyl (C=O) groups is 1. The topological polar surface area (TPSA) is 41.6 Å². The molecular formula is C28H26N2O2S. The highest BCUT2D eigenvalue weighted by atomic mass is 32.1. The van der Waals surface area contributed by atoms with Crippen molar-refractivity contribution in [2.24, 2.45) is 0 Å². The third-order valence-electron chi connectivity index (χ3n) is 5.93. The van der Waals surface area contributed by atoms with Gasteiger partial charge in [-0.15, -0.1) is 11.3 Å². The third-order valence-corrected chi connectivity index (χ3v) is 6.84. The quantitative estimate of drug-likeness (QED) is 0.397. The van der Waals surface area contributed by atoms with Gasteiger partial charge in [0.25, 0.3) is 5.91 Å². The molecule has 166 valence electrons. The Labute approximate surface area is 198 Å². The maximum Gasteiger partial charge on any atom is 0.264 e. The Balaban J connectivity index is 1.43. The van der Waals surface area contributed by atoms with Gasteiger partial charge in [0.15, 0.2) is 0 Å². The summed E-state index contributed by atoms with van der Waals surface area (Å²) in [4.78, 5) is 16.6. The van der Waals surface area contributed by atoms with Crippen LogP contribution in [0.3, 0.4) is 0 Å². The summed E-state index contributed by atoms with van der Waals surface area (Å²) in [6, 6.07) is 30.2. The van der Waals surface area contributed by atoms with E-state index in [4.69, 9.17) is 4.74 Å². The van der Waals surface area contributed by atoms with Gasteiger partial charge in [0.2, 0.25) is 0 Å². The number of ether oxygens (including phenoxy) is 1. The Morgan fingerprint density at radius 2 is 1.64 bits per heavy atom. The van der Waals surface area contributed by atoms with E-state index < -0.39 is 0 Å². The molecule has 1 saturated heterocycles. The van der Waals surface area contributed by atoms with Crippen LogP contribution in [0.25, 0.3) is 11.1 Å². The van der Waals surface area contributed by atoms with Crippen molar-refractivity contribution in [2.45, 2.75) is 12.5 Å². The summed E-state index contributed by atoms with van der Waals surface area (Å²) in [5, 5.41) is 5.45. The van der Waals surface area contributed by atoms with E-state index in [1.165, 1.54) is 16.9 Å². The first kappa shape index (κ1) is 21.4. The molecule has 2 heterocycles. The molecule has 1 amide bonds. The van der Waals surface area contributed by atoms with E-state index >= 15 is 0 Å². The number of piperazine rings is 1. The molecule has 1 aliphatic rings. The predicted molar refractivity (Wildman–Crippen MR) is 134 cm³/mol. The molecule has 0 saturated carbocycles. The zero-order valence-electron chi connectivity index (χ0n) is 18.3. The van der Waals surface area contributed by atoms with E-state index in [0.717, 1.165) is 47.0 Å². The number of hydrogen-bond donors (Lipinski definition) is 1. The van der Waals surface area contributed by atoms with Crippen LogP contribution in [0.5, 0.6) is 11.5 Å². The molecule has 1 atom stereocenters. The number of rotatable bonds is 6. The number of nitrogens with one attached hydrogen (secondary N) is 1. The zero-order valence-corrected chi connectivity index (χ0v) is 19.1. The van der Waals surface area contributed by atoms with Crippen molar-refractivity contribution in [1.82, 2.24) is 10.2 Å². The van der Waals surface area contributed by atoms with Gasteiger partial charge in [-0.05, 0) is 41.6 Å². The number of thiophene rings is 1. The summed E-state index contributed by atoms with van der Waals surface area (Å²) in [5.74, 6) is 1.62. The molecule has 5 rings (SSSR count). The minimum absolute atomic E-state index is 0.0944. The summed E-state index contributed by atoms with van der Waals surface area (Å²) >= 11 is 1.50. The molecule has 1 unspecified atom stereocenters. The maximum absolute atomic E-state index is 13.8. The minimum Gasteiger partial charge on any atom is -0.457 e. The first-order chi connectivity index (χ1) is 16.3. The Morgan fingerprint density at radius 3 is 2.45 bits per heavy atom. The van der Waals surface area contributed by atoms with Crippen LogP contribution in [0.4, 0.5) is 0 Å². The van der Waals surface area contributed by atoms with Crippen LogP contribution in [0, 0.1) is 0 Å². The Morgan fingerprint density at radius 1 is 0.909 bits per heavy atom. The van der Waals surface area contributed by atoms with Crippen LogP contribution in [-0.4, -0.2) is 36.5 Å². The largest absolute Gasteiger partial charge is 0.457 e. The van der Waals surface area contributed by atoms with E-state index in [-0.39, 0.29) is 11.9 Å². The van der Waals surface area contributed by atoms with Crippen LogP contribution >= 0.6 is 11.3 Å². The molecular weight excluding hydrogens is 428 g/mol. The first-order valence-corrected chi connectivity index (χ1v) is 12.1. The SMILES string of the molecule is O=C(c1sccc1-c1ccccc1Oc1ccccc1)N1CCNCC1Cc1ccccc1. The summed E-state index contributed by atoms with van der Waals surface area (Å²) in [6.45, 7) is 2.32. The van der Waals surface area contributed by atoms with Gasteiger partial charge in [-0.25, -0.2) is 0 Å². The third kappa shape index (κ3) is 4.85. The highest BCUT2D eigenvalue weighted by molar-refractivity contribution is 7.12. The van der Waals surface area contributed by atoms with Gasteiger partial charge in [0.1, 0.15) is 11.5 Å². The monoisotopic (exact) mass is 454 g/mol. The van der Waals surface area contributed by atoms with Crippen molar-refractivity contribution in [3.8, 4) is 22.6 Å². The van der Waals surface area contributed by atoms with Gasteiger partial charge in [-0.3, -0.25) is 4.79 Å². The fraction of sp³-hybridized carbons (Fsp3) is 0.179. The highest BCUT2D eigenvalue weighted by Gasteiger charge is 2.30. The van der Waals surface area contributed by atoms with Crippen molar-refractivity contribution in [3.05, 3.63) is 107 Å². The van der Waals surface area contributed by atoms with Crippen LogP contribution in [0.2, 0.25) is 0 Å². The minimum atomic E-state index is 0.0944. The van der Waals surface area contributed by atoms with Gasteiger partial charge < -0.3 is 15.0 Å². The molecule has 0 aliphatic carbocycles. The molecule has 5 heteroatoms. The number of benzene rings is 3. The molecule has 1 fully saturated rings. The molecule has 1 N–H and O–H groups in total. The molecule has 1 aliphatic heterocycles. The first-order valence-electron chi connectivity index (χ1n) is 11.2. The van der Waals surface area contributed by atoms with Gasteiger partial charge in [-0.2, -0.15) is 0 Å². The Bertz CT molecular complexity index is 1210. The predicted octanol–water partition coefficient (Wildman–Crippen LogP) is 5.86.